The van der Waals surface area contributed by atoms with Crippen molar-refractivity contribution in [2.45, 2.75) is 53.4 Å². The Morgan fingerprint density at radius 2 is 1.41 bits per heavy atom. The van der Waals surface area contributed by atoms with Gasteiger partial charge in [0.25, 0.3) is 0 Å². The fourth-order valence-electron chi connectivity index (χ4n) is 1.53. The lowest BCUT2D eigenvalue weighted by Crippen LogP contribution is -1.83. The lowest BCUT2D eigenvalue weighted by atomic mass is 10.1. The number of hydrogen-bond acceptors (Lipinski definition) is 1. The first-order chi connectivity index (χ1) is 8.06. The zero-order valence-electron chi connectivity index (χ0n) is 11.8. The Morgan fingerprint density at radius 1 is 0.882 bits per heavy atom. The Bertz CT molecular complexity index is 283. The molecule has 98 valence electrons. The van der Waals surface area contributed by atoms with E-state index in [0.29, 0.717) is 6.61 Å². The molecule has 0 fully saturated rings. The van der Waals surface area contributed by atoms with Crippen LogP contribution in [0.4, 0.5) is 0 Å². The molecule has 0 spiro atoms. The van der Waals surface area contributed by atoms with Crippen LogP contribution < -0.4 is 0 Å². The van der Waals surface area contributed by atoms with E-state index in [4.69, 9.17) is 4.52 Å². The van der Waals surface area contributed by atoms with Crippen LogP contribution in [0.2, 0.25) is 0 Å². The van der Waals surface area contributed by atoms with Gasteiger partial charge in [0.1, 0.15) is 0 Å². The quantitative estimate of drug-likeness (QED) is 0.426. The molecule has 0 aromatic carbocycles. The highest BCUT2D eigenvalue weighted by atomic mass is 31.0. The van der Waals surface area contributed by atoms with Gasteiger partial charge in [-0.3, -0.25) is 0 Å². The van der Waals surface area contributed by atoms with E-state index in [1.807, 2.05) is 0 Å². The van der Waals surface area contributed by atoms with E-state index in [1.165, 1.54) is 29.6 Å². The summed E-state index contributed by atoms with van der Waals surface area (Å²) in [6, 6.07) is 0. The highest BCUT2D eigenvalue weighted by molar-refractivity contribution is 7.09. The minimum Gasteiger partial charge on any atom is -0.362 e. The molecule has 2 heteroatoms. The Labute approximate surface area is 109 Å². The van der Waals surface area contributed by atoms with Crippen molar-refractivity contribution in [2.75, 3.05) is 6.61 Å². The second-order valence-electron chi connectivity index (χ2n) is 4.79. The lowest BCUT2D eigenvalue weighted by molar-refractivity contribution is 0.425. The van der Waals surface area contributed by atoms with E-state index in [1.54, 1.807) is 0 Å². The molecule has 1 atom stereocenters. The average molecular weight is 254 g/mol. The highest BCUT2D eigenvalue weighted by Gasteiger charge is 1.91. The van der Waals surface area contributed by atoms with Crippen LogP contribution >= 0.6 is 9.47 Å². The highest BCUT2D eigenvalue weighted by Crippen LogP contribution is 2.11. The van der Waals surface area contributed by atoms with Gasteiger partial charge in [-0.1, -0.05) is 34.9 Å². The lowest BCUT2D eigenvalue weighted by Gasteiger charge is -2.01. The third-order valence-electron chi connectivity index (χ3n) is 2.65. The Kier molecular flexibility index (Phi) is 10.5. The molecular weight excluding hydrogens is 227 g/mol. The normalized spacial score (nSPS) is 12.8. The van der Waals surface area contributed by atoms with E-state index in [9.17, 15) is 0 Å². The molecule has 0 aliphatic carbocycles. The van der Waals surface area contributed by atoms with Crippen molar-refractivity contribution in [2.24, 2.45) is 0 Å². The van der Waals surface area contributed by atoms with E-state index < -0.39 is 0 Å². The molecule has 0 aliphatic rings. The predicted molar refractivity (Wildman–Crippen MR) is 81.1 cm³/mol. The molecule has 0 bridgehead atoms. The van der Waals surface area contributed by atoms with Crippen LogP contribution in [0.15, 0.2) is 34.9 Å². The number of rotatable bonds is 8. The zero-order chi connectivity index (χ0) is 13.1. The van der Waals surface area contributed by atoms with Gasteiger partial charge in [-0.25, -0.2) is 0 Å². The van der Waals surface area contributed by atoms with Gasteiger partial charge in [-0.2, -0.15) is 0 Å². The van der Waals surface area contributed by atoms with E-state index in [0.717, 1.165) is 12.8 Å². The molecule has 0 rings (SSSR count). The summed E-state index contributed by atoms with van der Waals surface area (Å²) < 4.78 is 4.93. The van der Waals surface area contributed by atoms with Crippen molar-refractivity contribution in [3.63, 3.8) is 0 Å². The maximum atomic E-state index is 4.93. The predicted octanol–water partition coefficient (Wildman–Crippen LogP) is 5.21. The van der Waals surface area contributed by atoms with Crippen LogP contribution in [0.5, 0.6) is 0 Å². The van der Waals surface area contributed by atoms with E-state index in [-0.39, 0.29) is 0 Å². The molecule has 1 nitrogen and oxygen atoms in total. The summed E-state index contributed by atoms with van der Waals surface area (Å²) in [5.74, 6) is 0. The molecule has 0 aromatic heterocycles. The number of hydrogen-bond donors (Lipinski definition) is 0. The first-order valence-electron chi connectivity index (χ1n) is 6.32. The summed E-state index contributed by atoms with van der Waals surface area (Å²) in [6.07, 6.45) is 11.4. The van der Waals surface area contributed by atoms with Crippen molar-refractivity contribution < 1.29 is 4.52 Å². The van der Waals surface area contributed by atoms with Gasteiger partial charge >= 0.3 is 0 Å². The van der Waals surface area contributed by atoms with Gasteiger partial charge < -0.3 is 4.52 Å². The molecule has 0 amide bonds. The molecule has 0 aromatic rings. The van der Waals surface area contributed by atoms with Crippen LogP contribution in [0.25, 0.3) is 0 Å². The average Bonchev–Trinajstić information content (AvgIpc) is 2.25. The summed E-state index contributed by atoms with van der Waals surface area (Å²) in [4.78, 5) is 0. The van der Waals surface area contributed by atoms with E-state index >= 15 is 0 Å². The maximum absolute atomic E-state index is 4.93. The van der Waals surface area contributed by atoms with Gasteiger partial charge in [0, 0.05) is 9.47 Å². The van der Waals surface area contributed by atoms with Crippen molar-refractivity contribution in [3.05, 3.63) is 34.9 Å². The molecular formula is C15H27OP. The largest absolute Gasteiger partial charge is 0.362 e. The molecule has 0 saturated heterocycles. The van der Waals surface area contributed by atoms with Gasteiger partial charge in [-0.15, -0.1) is 0 Å². The summed E-state index contributed by atoms with van der Waals surface area (Å²) >= 11 is 0. The van der Waals surface area contributed by atoms with Crippen LogP contribution in [0.3, 0.4) is 0 Å². The molecule has 0 radical (unpaired) electrons. The zero-order valence-corrected chi connectivity index (χ0v) is 12.9. The Morgan fingerprint density at radius 3 is 1.94 bits per heavy atom. The number of allylic oxidation sites excluding steroid dienone is 5. The monoisotopic (exact) mass is 254 g/mol. The Balaban J connectivity index is 3.80. The van der Waals surface area contributed by atoms with Crippen molar-refractivity contribution >= 4 is 9.47 Å². The smallest absolute Gasteiger partial charge is 0.0685 e. The first kappa shape index (κ1) is 16.6. The van der Waals surface area contributed by atoms with Crippen LogP contribution in [-0.4, -0.2) is 6.61 Å². The Hall–Kier alpha value is -0.390. The minimum absolute atomic E-state index is 0.694. The standard InChI is InChI=1S/C15H27OP/c1-13(2)7-5-8-14(3)9-6-10-15(4)11-12-16-17/h7,9,11H,5-6,8,10,12,17H2,1-4H3/b14-9+,15-11+. The molecule has 0 aliphatic heterocycles. The van der Waals surface area contributed by atoms with Crippen molar-refractivity contribution in [1.82, 2.24) is 0 Å². The molecule has 0 saturated carbocycles. The minimum atomic E-state index is 0.694. The molecule has 0 N–H and O–H groups in total. The topological polar surface area (TPSA) is 9.23 Å². The summed E-state index contributed by atoms with van der Waals surface area (Å²) in [5.41, 5.74) is 4.31. The first-order valence-corrected chi connectivity index (χ1v) is 6.79. The van der Waals surface area contributed by atoms with Gasteiger partial charge in [0.05, 0.1) is 6.61 Å². The third-order valence-corrected chi connectivity index (χ3v) is 2.84. The SMILES string of the molecule is CC(C)=CCC/C(C)=C/CC/C(C)=C/COP. The van der Waals surface area contributed by atoms with Crippen molar-refractivity contribution in [3.8, 4) is 0 Å². The van der Waals surface area contributed by atoms with E-state index in [2.05, 4.69) is 55.4 Å². The van der Waals surface area contributed by atoms with Crippen molar-refractivity contribution in [1.29, 1.82) is 0 Å². The summed E-state index contributed by atoms with van der Waals surface area (Å²) in [5, 5.41) is 0. The van der Waals surface area contributed by atoms with Crippen LogP contribution in [0, 0.1) is 0 Å². The van der Waals surface area contributed by atoms with Gasteiger partial charge in [0.2, 0.25) is 0 Å². The fraction of sp³-hybridized carbons (Fsp3) is 0.600. The third kappa shape index (κ3) is 11.9. The van der Waals surface area contributed by atoms with Gasteiger partial charge in [0.15, 0.2) is 0 Å². The molecule has 1 unspecified atom stereocenters. The maximum Gasteiger partial charge on any atom is 0.0685 e. The summed E-state index contributed by atoms with van der Waals surface area (Å²) in [6.45, 7) is 9.39. The molecule has 0 heterocycles. The summed E-state index contributed by atoms with van der Waals surface area (Å²) in [7, 11) is 2.27. The van der Waals surface area contributed by atoms with Gasteiger partial charge in [-0.05, 0) is 53.4 Å². The second-order valence-corrected chi connectivity index (χ2v) is 5.13. The van der Waals surface area contributed by atoms with Crippen LogP contribution in [-0.2, 0) is 4.52 Å². The fourth-order valence-corrected chi connectivity index (χ4v) is 1.63. The molecule has 17 heavy (non-hydrogen) atoms. The van der Waals surface area contributed by atoms with Crippen LogP contribution in [0.1, 0.15) is 53.4 Å². The second kappa shape index (κ2) is 10.7.